The van der Waals surface area contributed by atoms with Gasteiger partial charge in [0.1, 0.15) is 0 Å². The normalized spacial score (nSPS) is 11.4. The Balaban J connectivity index is 1.43. The summed E-state index contributed by atoms with van der Waals surface area (Å²) in [6, 6.07) is 46.1. The molecule has 0 amide bonds. The topological polar surface area (TPSA) is 51.6 Å². The summed E-state index contributed by atoms with van der Waals surface area (Å²) in [7, 11) is 0. The summed E-state index contributed by atoms with van der Waals surface area (Å²) in [5.74, 6) is 2.01. The zero-order valence-corrected chi connectivity index (χ0v) is 23.6. The average molecular weight is 590 g/mol. The number of fused-ring (bicyclic) bond motifs is 3. The van der Waals surface area contributed by atoms with Gasteiger partial charge < -0.3 is 0 Å². The average Bonchev–Trinajstić information content (AvgIpc) is 3.47. The van der Waals surface area contributed by atoms with Crippen molar-refractivity contribution in [3.8, 4) is 44.3 Å². The van der Waals surface area contributed by atoms with Crippen LogP contribution in [-0.2, 0) is 0 Å². The minimum absolute atomic E-state index is 0.00129. The molecule has 0 N–H and O–H groups in total. The molecule has 8 rings (SSSR count). The van der Waals surface area contributed by atoms with Crippen LogP contribution in [0, 0.1) is 0 Å². The third-order valence-corrected chi connectivity index (χ3v) is 9.71. The molecule has 0 unspecified atom stereocenters. The van der Waals surface area contributed by atoms with E-state index in [1.807, 2.05) is 24.3 Å². The summed E-state index contributed by atoms with van der Waals surface area (Å²) in [5, 5.41) is 4.61. The molecule has 0 spiro atoms. The van der Waals surface area contributed by atoms with E-state index in [1.54, 1.807) is 0 Å². The molecule has 0 bridgehead atoms. The Hall–Kier alpha value is -4.96. The molecule has 41 heavy (non-hydrogen) atoms. The number of rotatable bonds is 4. The predicted octanol–water partition coefficient (Wildman–Crippen LogP) is 8.45. The first-order valence-corrected chi connectivity index (χ1v) is 15.2. The Morgan fingerprint density at radius 2 is 1.02 bits per heavy atom. The van der Waals surface area contributed by atoms with Crippen molar-refractivity contribution < 1.29 is 0 Å². The Kier molecular flexibility index (Phi) is 5.77. The standard InChI is InChI=1S/C36H22N4Se/c1-3-12-24(13-4-1)33-38-34(28-20-19-23-11-7-8-16-26(23)21-28)40-35(39-33)31-29-18-10-9-17-27(29)22-30-32(31)41-36(37-30)25-14-5-2-6-15-25/h1-22H. The number of hydrogen-bond donors (Lipinski definition) is 0. The second-order valence-electron chi connectivity index (χ2n) is 9.94. The zero-order chi connectivity index (χ0) is 27.2. The van der Waals surface area contributed by atoms with Crippen LogP contribution in [0.1, 0.15) is 0 Å². The maximum atomic E-state index is 5.17. The zero-order valence-electron chi connectivity index (χ0n) is 21.9. The van der Waals surface area contributed by atoms with Crippen molar-refractivity contribution >= 4 is 45.8 Å². The van der Waals surface area contributed by atoms with E-state index < -0.39 is 0 Å². The molecule has 0 aliphatic carbocycles. The van der Waals surface area contributed by atoms with E-state index in [2.05, 4.69) is 109 Å². The van der Waals surface area contributed by atoms with Crippen LogP contribution in [0.3, 0.4) is 0 Å². The molecule has 0 radical (unpaired) electrons. The van der Waals surface area contributed by atoms with Crippen molar-refractivity contribution in [2.24, 2.45) is 0 Å². The van der Waals surface area contributed by atoms with Crippen LogP contribution in [0.5, 0.6) is 0 Å². The molecule has 4 nitrogen and oxygen atoms in total. The van der Waals surface area contributed by atoms with E-state index >= 15 is 0 Å². The van der Waals surface area contributed by atoms with Gasteiger partial charge in [-0.25, -0.2) is 0 Å². The van der Waals surface area contributed by atoms with Crippen molar-refractivity contribution in [3.63, 3.8) is 0 Å². The van der Waals surface area contributed by atoms with Gasteiger partial charge in [-0.3, -0.25) is 0 Å². The van der Waals surface area contributed by atoms with Crippen LogP contribution in [0.2, 0.25) is 0 Å². The second-order valence-corrected chi connectivity index (χ2v) is 12.0. The van der Waals surface area contributed by atoms with Crippen LogP contribution in [-0.4, -0.2) is 34.4 Å². The van der Waals surface area contributed by atoms with Gasteiger partial charge in [-0.15, -0.1) is 0 Å². The third kappa shape index (κ3) is 4.33. The Morgan fingerprint density at radius 3 is 1.80 bits per heavy atom. The van der Waals surface area contributed by atoms with Gasteiger partial charge in [0.2, 0.25) is 0 Å². The van der Waals surface area contributed by atoms with Gasteiger partial charge in [0.05, 0.1) is 0 Å². The van der Waals surface area contributed by atoms with Gasteiger partial charge >= 0.3 is 244 Å². The molecule has 0 aliphatic heterocycles. The van der Waals surface area contributed by atoms with Gasteiger partial charge in [0, 0.05) is 0 Å². The van der Waals surface area contributed by atoms with Gasteiger partial charge in [-0.05, 0) is 0 Å². The Bertz CT molecular complexity index is 2210. The molecule has 2 heterocycles. The number of benzene rings is 6. The summed E-state index contributed by atoms with van der Waals surface area (Å²) in [6.07, 6.45) is 0. The summed E-state index contributed by atoms with van der Waals surface area (Å²) < 4.78 is 2.33. The van der Waals surface area contributed by atoms with E-state index in [4.69, 9.17) is 19.9 Å². The van der Waals surface area contributed by atoms with Crippen molar-refractivity contribution in [3.05, 3.63) is 133 Å². The molecule has 8 aromatic rings. The fourth-order valence-electron chi connectivity index (χ4n) is 5.32. The fourth-order valence-corrected chi connectivity index (χ4v) is 7.63. The second kappa shape index (κ2) is 9.90. The van der Waals surface area contributed by atoms with E-state index in [1.165, 1.54) is 9.65 Å². The molecule has 0 saturated carbocycles. The number of aromatic nitrogens is 4. The van der Waals surface area contributed by atoms with Crippen LogP contribution < -0.4 is 0 Å². The van der Waals surface area contributed by atoms with Gasteiger partial charge in [0.15, 0.2) is 0 Å². The maximum absolute atomic E-state index is 5.17. The summed E-state index contributed by atoms with van der Waals surface area (Å²) in [6.45, 7) is 0. The van der Waals surface area contributed by atoms with Crippen LogP contribution in [0.4, 0.5) is 0 Å². The molecule has 2 aromatic heterocycles. The van der Waals surface area contributed by atoms with Crippen molar-refractivity contribution in [1.29, 1.82) is 0 Å². The molecule has 6 aromatic carbocycles. The van der Waals surface area contributed by atoms with E-state index in [0.717, 1.165) is 48.5 Å². The SMILES string of the molecule is c1ccc(-c2nc(-c3ccc4ccccc4c3)nc(-c3c4ccccc4cc4nc(-c5ccccc5)[se]c34)n2)cc1. The summed E-state index contributed by atoms with van der Waals surface area (Å²) in [4.78, 5) is 20.4. The molecule has 0 fully saturated rings. The monoisotopic (exact) mass is 590 g/mol. The van der Waals surface area contributed by atoms with Gasteiger partial charge in [-0.1, -0.05) is 0 Å². The van der Waals surface area contributed by atoms with E-state index in [0.29, 0.717) is 17.5 Å². The van der Waals surface area contributed by atoms with Crippen molar-refractivity contribution in [2.45, 2.75) is 0 Å². The predicted molar refractivity (Wildman–Crippen MR) is 169 cm³/mol. The number of nitrogens with zero attached hydrogens (tertiary/aromatic N) is 4. The molecule has 5 heteroatoms. The number of hydrogen-bond acceptors (Lipinski definition) is 4. The molecule has 0 atom stereocenters. The third-order valence-electron chi connectivity index (χ3n) is 7.32. The summed E-state index contributed by atoms with van der Waals surface area (Å²) in [5.41, 5.74) is 5.15. The van der Waals surface area contributed by atoms with Crippen LogP contribution in [0.25, 0.3) is 75.6 Å². The molecule has 192 valence electrons. The van der Waals surface area contributed by atoms with Gasteiger partial charge in [0.25, 0.3) is 0 Å². The summed E-state index contributed by atoms with van der Waals surface area (Å²) >= 11 is -0.00129. The first-order chi connectivity index (χ1) is 20.3. The van der Waals surface area contributed by atoms with Crippen LogP contribution in [0.15, 0.2) is 133 Å². The van der Waals surface area contributed by atoms with Crippen molar-refractivity contribution in [1.82, 2.24) is 19.9 Å². The Labute approximate surface area is 242 Å². The van der Waals surface area contributed by atoms with E-state index in [-0.39, 0.29) is 14.5 Å². The molecule has 0 saturated heterocycles. The Morgan fingerprint density at radius 1 is 0.415 bits per heavy atom. The quantitative estimate of drug-likeness (QED) is 0.193. The fraction of sp³-hybridized carbons (Fsp3) is 0. The first-order valence-electron chi connectivity index (χ1n) is 13.5. The molecule has 0 aliphatic rings. The van der Waals surface area contributed by atoms with Crippen molar-refractivity contribution in [2.75, 3.05) is 0 Å². The van der Waals surface area contributed by atoms with Gasteiger partial charge in [-0.2, -0.15) is 0 Å². The molecular formula is C36H22N4Se. The molecular weight excluding hydrogens is 567 g/mol. The minimum atomic E-state index is -0.00129. The first kappa shape index (κ1) is 23.9. The van der Waals surface area contributed by atoms with E-state index in [9.17, 15) is 0 Å². The van der Waals surface area contributed by atoms with Crippen LogP contribution >= 0.6 is 0 Å².